The number of rotatable bonds is 2. The van der Waals surface area contributed by atoms with Gasteiger partial charge in [0, 0.05) is 37.2 Å². The summed E-state index contributed by atoms with van der Waals surface area (Å²) < 4.78 is 20.6. The van der Waals surface area contributed by atoms with E-state index in [2.05, 4.69) is 15.1 Å². The zero-order valence-corrected chi connectivity index (χ0v) is 17.1. The van der Waals surface area contributed by atoms with E-state index in [1.165, 1.54) is 12.1 Å². The van der Waals surface area contributed by atoms with Gasteiger partial charge in [0.05, 0.1) is 12.7 Å². The fourth-order valence-electron chi connectivity index (χ4n) is 4.77. The van der Waals surface area contributed by atoms with Gasteiger partial charge in [0.1, 0.15) is 16.9 Å². The minimum absolute atomic E-state index is 0.00260. The van der Waals surface area contributed by atoms with E-state index >= 15 is 0 Å². The molecule has 5 rings (SSSR count). The molecule has 0 amide bonds. The molecule has 4 heterocycles. The summed E-state index contributed by atoms with van der Waals surface area (Å²) in [7, 11) is 1.72. The molecule has 9 heteroatoms. The molecule has 1 spiro atoms. The van der Waals surface area contributed by atoms with Crippen LogP contribution in [0.4, 0.5) is 10.3 Å². The molecule has 2 saturated heterocycles. The zero-order valence-electron chi connectivity index (χ0n) is 17.1. The summed E-state index contributed by atoms with van der Waals surface area (Å²) in [5.74, 6) is 0.272. The highest BCUT2D eigenvalue weighted by molar-refractivity contribution is 5.90. The summed E-state index contributed by atoms with van der Waals surface area (Å²) >= 11 is 0. The number of nitrogens with two attached hydrogens (primary N) is 1. The van der Waals surface area contributed by atoms with Gasteiger partial charge in [0.25, 0.3) is 5.56 Å². The van der Waals surface area contributed by atoms with Crippen molar-refractivity contribution in [1.29, 1.82) is 0 Å². The first-order valence-corrected chi connectivity index (χ1v) is 10.2. The van der Waals surface area contributed by atoms with Crippen LogP contribution in [-0.2, 0) is 11.8 Å². The Morgan fingerprint density at radius 3 is 2.60 bits per heavy atom. The molecule has 0 unspecified atom stereocenters. The van der Waals surface area contributed by atoms with Gasteiger partial charge in [-0.25, -0.2) is 4.39 Å². The number of ether oxygens (including phenoxy) is 1. The molecule has 2 aliphatic rings. The molecule has 2 aromatic heterocycles. The van der Waals surface area contributed by atoms with Crippen molar-refractivity contribution in [3.05, 3.63) is 40.4 Å². The molecule has 2 aliphatic heterocycles. The van der Waals surface area contributed by atoms with E-state index in [1.54, 1.807) is 23.7 Å². The van der Waals surface area contributed by atoms with Crippen molar-refractivity contribution in [3.8, 4) is 11.3 Å². The Kier molecular flexibility index (Phi) is 4.41. The van der Waals surface area contributed by atoms with E-state index in [-0.39, 0.29) is 28.9 Å². The summed E-state index contributed by atoms with van der Waals surface area (Å²) in [4.78, 5) is 20.0. The zero-order chi connectivity index (χ0) is 21.0. The molecule has 8 nitrogen and oxygen atoms in total. The first kappa shape index (κ1) is 19.2. The van der Waals surface area contributed by atoms with Crippen molar-refractivity contribution in [1.82, 2.24) is 19.7 Å². The second-order valence-electron chi connectivity index (χ2n) is 8.47. The number of hydrogen-bond acceptors (Lipinski definition) is 6. The number of nitrogens with zero attached hydrogens (tertiary/aromatic N) is 4. The lowest BCUT2D eigenvalue weighted by Gasteiger charge is -2.41. The van der Waals surface area contributed by atoms with Crippen molar-refractivity contribution in [2.75, 3.05) is 24.6 Å². The fraction of sp³-hybridized carbons (Fsp3) is 0.476. The van der Waals surface area contributed by atoms with E-state index in [0.717, 1.165) is 25.9 Å². The van der Waals surface area contributed by atoms with Gasteiger partial charge >= 0.3 is 0 Å². The summed E-state index contributed by atoms with van der Waals surface area (Å²) in [6.07, 6.45) is 1.87. The Morgan fingerprint density at radius 1 is 1.27 bits per heavy atom. The molecular formula is C21H25FN6O2. The first-order valence-electron chi connectivity index (χ1n) is 10.2. The predicted molar refractivity (Wildman–Crippen MR) is 112 cm³/mol. The van der Waals surface area contributed by atoms with Gasteiger partial charge in [-0.2, -0.15) is 10.1 Å². The number of aromatic amines is 1. The third-order valence-corrected chi connectivity index (χ3v) is 6.78. The van der Waals surface area contributed by atoms with Gasteiger partial charge in [0.15, 0.2) is 5.65 Å². The molecule has 3 aromatic rings. The first-order chi connectivity index (χ1) is 14.4. The second-order valence-corrected chi connectivity index (χ2v) is 8.47. The molecule has 3 N–H and O–H groups in total. The van der Waals surface area contributed by atoms with Crippen LogP contribution in [0.3, 0.4) is 0 Å². The van der Waals surface area contributed by atoms with Gasteiger partial charge in [-0.1, -0.05) is 0 Å². The fourth-order valence-corrected chi connectivity index (χ4v) is 4.77. The third-order valence-electron chi connectivity index (χ3n) is 6.78. The Hall–Kier alpha value is -2.78. The predicted octanol–water partition coefficient (Wildman–Crippen LogP) is 1.80. The Bertz CT molecular complexity index is 1150. The molecule has 0 radical (unpaired) electrons. The van der Waals surface area contributed by atoms with Crippen LogP contribution in [0.15, 0.2) is 29.1 Å². The summed E-state index contributed by atoms with van der Waals surface area (Å²) in [6, 6.07) is 5.95. The van der Waals surface area contributed by atoms with Gasteiger partial charge in [0.2, 0.25) is 5.95 Å². The molecule has 0 saturated carbocycles. The minimum Gasteiger partial charge on any atom is -0.376 e. The SMILES string of the molecule is C[C@@H]1OCC2(CCN(c3nc4[nH]nc(-c5ccc(F)cc5)c4c(=O)n3C)CC2)[C@@H]1N. The molecule has 2 fully saturated rings. The molecule has 2 atom stereocenters. The van der Waals surface area contributed by atoms with Gasteiger partial charge < -0.3 is 15.4 Å². The Balaban J connectivity index is 1.48. The van der Waals surface area contributed by atoms with Crippen LogP contribution in [0.2, 0.25) is 0 Å². The lowest BCUT2D eigenvalue weighted by Crippen LogP contribution is -2.51. The largest absolute Gasteiger partial charge is 0.376 e. The standard InChI is InChI=1S/C21H25FN6O2/c1-12-17(23)21(11-30-12)7-9-28(10-8-21)20-24-18-15(19(29)27(20)2)16(25-26-18)13-3-5-14(22)6-4-13/h3-6,12,17H,7-11,23H2,1-2H3,(H,25,26)/t12-,17+/m0/s1. The van der Waals surface area contributed by atoms with Crippen LogP contribution >= 0.6 is 0 Å². The summed E-state index contributed by atoms with van der Waals surface area (Å²) in [6.45, 7) is 4.24. The van der Waals surface area contributed by atoms with Gasteiger partial charge in [-0.3, -0.25) is 14.5 Å². The van der Waals surface area contributed by atoms with Crippen LogP contribution in [0.1, 0.15) is 19.8 Å². The molecule has 0 bridgehead atoms. The second kappa shape index (κ2) is 6.88. The molecule has 30 heavy (non-hydrogen) atoms. The molecule has 0 aliphatic carbocycles. The highest BCUT2D eigenvalue weighted by Gasteiger charge is 2.47. The number of H-pyrrole nitrogens is 1. The van der Waals surface area contributed by atoms with Crippen molar-refractivity contribution in [2.24, 2.45) is 18.2 Å². The number of anilines is 1. The number of aromatic nitrogens is 4. The lowest BCUT2D eigenvalue weighted by atomic mass is 9.73. The van der Waals surface area contributed by atoms with E-state index < -0.39 is 0 Å². The maximum atomic E-state index is 13.3. The quantitative estimate of drug-likeness (QED) is 0.665. The van der Waals surface area contributed by atoms with E-state index in [1.807, 2.05) is 6.92 Å². The smallest absolute Gasteiger partial charge is 0.266 e. The molecule has 1 aromatic carbocycles. The van der Waals surface area contributed by atoms with Gasteiger partial charge in [-0.05, 0) is 44.0 Å². The maximum Gasteiger partial charge on any atom is 0.266 e. The van der Waals surface area contributed by atoms with Crippen molar-refractivity contribution < 1.29 is 9.13 Å². The highest BCUT2D eigenvalue weighted by atomic mass is 19.1. The summed E-state index contributed by atoms with van der Waals surface area (Å²) in [5.41, 5.74) is 7.81. The average molecular weight is 412 g/mol. The third kappa shape index (κ3) is 2.84. The van der Waals surface area contributed by atoms with E-state index in [0.29, 0.717) is 34.8 Å². The number of nitrogens with one attached hydrogen (secondary N) is 1. The number of piperidine rings is 1. The minimum atomic E-state index is -0.337. The van der Waals surface area contributed by atoms with Crippen LogP contribution < -0.4 is 16.2 Å². The number of hydrogen-bond donors (Lipinski definition) is 2. The number of benzene rings is 1. The van der Waals surface area contributed by atoms with Crippen molar-refractivity contribution in [2.45, 2.75) is 31.9 Å². The monoisotopic (exact) mass is 412 g/mol. The number of fused-ring (bicyclic) bond motifs is 1. The Labute approximate surface area is 172 Å². The van der Waals surface area contributed by atoms with Crippen molar-refractivity contribution >= 4 is 17.0 Å². The highest BCUT2D eigenvalue weighted by Crippen LogP contribution is 2.41. The average Bonchev–Trinajstić information content (AvgIpc) is 3.29. The van der Waals surface area contributed by atoms with Crippen molar-refractivity contribution in [3.63, 3.8) is 0 Å². The topological polar surface area (TPSA) is 102 Å². The molecular weight excluding hydrogens is 387 g/mol. The van der Waals surface area contributed by atoms with E-state index in [4.69, 9.17) is 15.5 Å². The van der Waals surface area contributed by atoms with Crippen LogP contribution in [-0.4, -0.2) is 51.6 Å². The maximum absolute atomic E-state index is 13.3. The Morgan fingerprint density at radius 2 is 1.97 bits per heavy atom. The normalized spacial score (nSPS) is 23.5. The van der Waals surface area contributed by atoms with Crippen LogP contribution in [0.5, 0.6) is 0 Å². The van der Waals surface area contributed by atoms with E-state index in [9.17, 15) is 9.18 Å². The molecule has 158 valence electrons. The van der Waals surface area contributed by atoms with Crippen LogP contribution in [0.25, 0.3) is 22.3 Å². The summed E-state index contributed by atoms with van der Waals surface area (Å²) in [5, 5.41) is 7.56. The number of halogens is 1. The van der Waals surface area contributed by atoms with Gasteiger partial charge in [-0.15, -0.1) is 0 Å². The van der Waals surface area contributed by atoms with Crippen LogP contribution in [0, 0.1) is 11.2 Å². The lowest BCUT2D eigenvalue weighted by molar-refractivity contribution is 0.0973.